The third-order valence-corrected chi connectivity index (χ3v) is 8.92. The van der Waals surface area contributed by atoms with Gasteiger partial charge < -0.3 is 24.5 Å². The van der Waals surface area contributed by atoms with Crippen molar-refractivity contribution in [1.82, 2.24) is 28.8 Å². The molecule has 2 saturated heterocycles. The van der Waals surface area contributed by atoms with Gasteiger partial charge in [-0.05, 0) is 44.3 Å². The number of aliphatic hydroxyl groups excluding tert-OH is 1. The number of carbonyl (C=O) groups excluding carboxylic acids is 1. The molecule has 0 aliphatic carbocycles. The summed E-state index contributed by atoms with van der Waals surface area (Å²) < 4.78 is 7.98. The number of pyridine rings is 1. The van der Waals surface area contributed by atoms with E-state index in [0.717, 1.165) is 55.3 Å². The summed E-state index contributed by atoms with van der Waals surface area (Å²) in [6.45, 7) is 7.46. The second-order valence-corrected chi connectivity index (χ2v) is 12.1. The lowest BCUT2D eigenvalue weighted by atomic mass is 10.1. The van der Waals surface area contributed by atoms with Crippen molar-refractivity contribution in [3.63, 3.8) is 0 Å². The molecule has 6 rings (SSSR count). The van der Waals surface area contributed by atoms with Crippen LogP contribution in [0.5, 0.6) is 5.75 Å². The largest absolute Gasteiger partial charge is 0.495 e. The summed E-state index contributed by atoms with van der Waals surface area (Å²) in [5.41, 5.74) is 1.05. The van der Waals surface area contributed by atoms with Crippen LogP contribution in [0.25, 0.3) is 16.7 Å². The molecule has 12 nitrogen and oxygen atoms in total. The number of benzene rings is 2. The second kappa shape index (κ2) is 13.5. The van der Waals surface area contributed by atoms with Gasteiger partial charge in [0, 0.05) is 64.6 Å². The molecule has 2 aromatic carbocycles. The van der Waals surface area contributed by atoms with E-state index in [1.54, 1.807) is 55.3 Å². The van der Waals surface area contributed by atoms with Crippen LogP contribution < -0.4 is 20.9 Å². The van der Waals surface area contributed by atoms with E-state index >= 15 is 0 Å². The molecule has 2 aliphatic heterocycles. The molecule has 2 aromatic heterocycles. The van der Waals surface area contributed by atoms with E-state index < -0.39 is 17.4 Å². The molecule has 242 valence electrons. The van der Waals surface area contributed by atoms with Crippen molar-refractivity contribution >= 4 is 22.6 Å². The number of nitrogens with zero attached hydrogens (tertiary/aromatic N) is 7. The van der Waals surface area contributed by atoms with Crippen LogP contribution >= 0.6 is 0 Å². The molecule has 1 N–H and O–H groups in total. The lowest BCUT2D eigenvalue weighted by molar-refractivity contribution is 0.0665. The second-order valence-electron chi connectivity index (χ2n) is 12.1. The van der Waals surface area contributed by atoms with E-state index in [0.29, 0.717) is 31.0 Å². The highest BCUT2D eigenvalue weighted by molar-refractivity contribution is 6.05. The number of amides is 1. The highest BCUT2D eigenvalue weighted by Gasteiger charge is 2.28. The van der Waals surface area contributed by atoms with Gasteiger partial charge in [-0.15, -0.1) is 0 Å². The number of para-hydroxylation sites is 3. The minimum absolute atomic E-state index is 0.0793. The third-order valence-electron chi connectivity index (χ3n) is 8.92. The summed E-state index contributed by atoms with van der Waals surface area (Å²) >= 11 is 0. The first kappa shape index (κ1) is 31.5. The van der Waals surface area contributed by atoms with Gasteiger partial charge in [0.15, 0.2) is 5.65 Å². The van der Waals surface area contributed by atoms with Gasteiger partial charge in [-0.2, -0.15) is 0 Å². The number of β-amino-alcohol motifs (C(OH)–C–C–N with tert-alkyl or cyclic N) is 1. The smallest absolute Gasteiger partial charge is 0.337 e. The van der Waals surface area contributed by atoms with E-state index in [1.165, 1.54) is 4.57 Å². The fraction of sp³-hybridized carbons (Fsp3) is 0.412. The zero-order valence-corrected chi connectivity index (χ0v) is 26.6. The molecular weight excluding hydrogens is 586 g/mol. The molecule has 1 atom stereocenters. The fourth-order valence-electron chi connectivity index (χ4n) is 6.42. The maximum absolute atomic E-state index is 14.1. The Morgan fingerprint density at radius 2 is 1.59 bits per heavy atom. The molecule has 1 amide bonds. The van der Waals surface area contributed by atoms with Gasteiger partial charge in [-0.3, -0.25) is 19.1 Å². The van der Waals surface area contributed by atoms with Crippen LogP contribution in [0.15, 0.2) is 70.3 Å². The molecular formula is C34H41N7O5. The molecule has 2 aliphatic rings. The number of aliphatic hydroxyl groups is 1. The van der Waals surface area contributed by atoms with Crippen molar-refractivity contribution in [2.75, 3.05) is 78.0 Å². The molecule has 1 unspecified atom stereocenters. The molecule has 0 radical (unpaired) electrons. The third kappa shape index (κ3) is 6.28. The fourth-order valence-corrected chi connectivity index (χ4v) is 6.42. The Balaban J connectivity index is 1.32. The molecule has 12 heteroatoms. The first-order chi connectivity index (χ1) is 22.2. The lowest BCUT2D eigenvalue weighted by Gasteiger charge is -2.37. The standard InChI is InChI=1S/C34H41N7O5/c1-24-21-27(32(43)39-17-13-36(2)14-18-39)30-31(35-24)40(34(45)41(33(30)44)25-9-5-4-6-10-25)23-26(42)22-37-15-19-38(20-16-37)28-11-7-8-12-29(28)46-3/h4-12,21,26,42H,13-20,22-23H2,1-3H3. The Hall–Kier alpha value is -4.52. The van der Waals surface area contributed by atoms with Gasteiger partial charge >= 0.3 is 5.69 Å². The Kier molecular flexibility index (Phi) is 9.20. The number of piperazine rings is 2. The van der Waals surface area contributed by atoms with Gasteiger partial charge in [0.1, 0.15) is 5.75 Å². The molecule has 0 bridgehead atoms. The van der Waals surface area contributed by atoms with E-state index in [-0.39, 0.29) is 29.0 Å². The minimum atomic E-state index is -0.931. The van der Waals surface area contributed by atoms with Crippen molar-refractivity contribution in [1.29, 1.82) is 0 Å². The number of fused-ring (bicyclic) bond motifs is 1. The van der Waals surface area contributed by atoms with Crippen LogP contribution in [0.3, 0.4) is 0 Å². The number of likely N-dealkylation sites (N-methyl/N-ethyl adjacent to an activating group) is 1. The topological polar surface area (TPSA) is 116 Å². The summed E-state index contributed by atoms with van der Waals surface area (Å²) in [6, 6.07) is 18.2. The van der Waals surface area contributed by atoms with Gasteiger partial charge in [0.25, 0.3) is 11.5 Å². The van der Waals surface area contributed by atoms with E-state index in [4.69, 9.17) is 4.74 Å². The maximum Gasteiger partial charge on any atom is 0.337 e. The quantitative estimate of drug-likeness (QED) is 0.310. The summed E-state index contributed by atoms with van der Waals surface area (Å²) in [5.74, 6) is 0.558. The van der Waals surface area contributed by atoms with E-state index in [9.17, 15) is 19.5 Å². The van der Waals surface area contributed by atoms with Gasteiger partial charge in [-0.25, -0.2) is 14.3 Å². The van der Waals surface area contributed by atoms with Crippen molar-refractivity contribution in [2.45, 2.75) is 19.6 Å². The Labute approximate surface area is 267 Å². The lowest BCUT2D eigenvalue weighted by Crippen LogP contribution is -2.50. The first-order valence-corrected chi connectivity index (χ1v) is 15.7. The maximum atomic E-state index is 14.1. The van der Waals surface area contributed by atoms with Crippen LogP contribution in [0.1, 0.15) is 16.1 Å². The van der Waals surface area contributed by atoms with Gasteiger partial charge in [0.2, 0.25) is 0 Å². The molecule has 0 spiro atoms. The number of aryl methyl sites for hydroxylation is 1. The van der Waals surface area contributed by atoms with E-state index in [2.05, 4.69) is 19.7 Å². The number of ether oxygens (including phenoxy) is 1. The summed E-state index contributed by atoms with van der Waals surface area (Å²) in [4.78, 5) is 55.0. The number of carbonyl (C=O) groups is 1. The van der Waals surface area contributed by atoms with Crippen LogP contribution in [0.4, 0.5) is 5.69 Å². The predicted molar refractivity (Wildman–Crippen MR) is 177 cm³/mol. The molecule has 0 saturated carbocycles. The number of methoxy groups -OCH3 is 1. The Bertz CT molecular complexity index is 1820. The Morgan fingerprint density at radius 1 is 0.913 bits per heavy atom. The normalized spacial score (nSPS) is 17.0. The van der Waals surface area contributed by atoms with Crippen molar-refractivity contribution in [2.24, 2.45) is 0 Å². The average molecular weight is 628 g/mol. The predicted octanol–water partition coefficient (Wildman–Crippen LogP) is 1.44. The molecule has 46 heavy (non-hydrogen) atoms. The summed E-state index contributed by atoms with van der Waals surface area (Å²) in [6.07, 6.45) is -0.931. The number of hydrogen-bond acceptors (Lipinski definition) is 9. The molecule has 4 aromatic rings. The van der Waals surface area contributed by atoms with Crippen LogP contribution in [0.2, 0.25) is 0 Å². The van der Waals surface area contributed by atoms with E-state index in [1.807, 2.05) is 31.3 Å². The molecule has 4 heterocycles. The number of rotatable bonds is 8. The molecule has 2 fully saturated rings. The van der Waals surface area contributed by atoms with Crippen LogP contribution in [-0.2, 0) is 6.54 Å². The van der Waals surface area contributed by atoms with Crippen molar-refractivity contribution in [3.8, 4) is 11.4 Å². The number of hydrogen-bond donors (Lipinski definition) is 1. The highest BCUT2D eigenvalue weighted by atomic mass is 16.5. The van der Waals surface area contributed by atoms with Crippen LogP contribution in [-0.4, -0.2) is 119 Å². The van der Waals surface area contributed by atoms with Gasteiger partial charge in [-0.1, -0.05) is 30.3 Å². The minimum Gasteiger partial charge on any atom is -0.495 e. The Morgan fingerprint density at radius 3 is 2.28 bits per heavy atom. The van der Waals surface area contributed by atoms with Gasteiger partial charge in [0.05, 0.1) is 42.1 Å². The van der Waals surface area contributed by atoms with Crippen molar-refractivity contribution in [3.05, 3.63) is 92.8 Å². The number of anilines is 1. The highest BCUT2D eigenvalue weighted by Crippen LogP contribution is 2.28. The summed E-state index contributed by atoms with van der Waals surface area (Å²) in [7, 11) is 3.68. The number of aromatic nitrogens is 3. The zero-order chi connectivity index (χ0) is 32.4. The van der Waals surface area contributed by atoms with Crippen molar-refractivity contribution < 1.29 is 14.6 Å². The first-order valence-electron chi connectivity index (χ1n) is 15.7. The summed E-state index contributed by atoms with van der Waals surface area (Å²) in [5, 5.41) is 11.5. The zero-order valence-electron chi connectivity index (χ0n) is 26.6. The SMILES string of the molecule is COc1ccccc1N1CCN(CC(O)Cn2c(=O)n(-c3ccccc3)c(=O)c3c(C(=O)N4CCN(C)CC4)cc(C)nc32)CC1. The monoisotopic (exact) mass is 627 g/mol. The average Bonchev–Trinajstić information content (AvgIpc) is 3.07. The van der Waals surface area contributed by atoms with Crippen LogP contribution in [0, 0.1) is 6.92 Å².